The fourth-order valence-electron chi connectivity index (χ4n) is 1.81. The maximum atomic E-state index is 5.98. The standard InChI is InChI=1S/C10H10ClN3/c1-14-7-4-5-12-9(11)8(7)13-10(14)6-2-3-6/h4-6H,2-3H2,1H3. The van der Waals surface area contributed by atoms with Crippen LogP contribution in [-0.4, -0.2) is 14.5 Å². The lowest BCUT2D eigenvalue weighted by molar-refractivity contribution is 0.820. The number of halogens is 1. The van der Waals surface area contributed by atoms with Gasteiger partial charge in [-0.1, -0.05) is 11.6 Å². The highest BCUT2D eigenvalue weighted by molar-refractivity contribution is 6.33. The second-order valence-corrected chi connectivity index (χ2v) is 4.13. The van der Waals surface area contributed by atoms with Gasteiger partial charge in [0, 0.05) is 19.2 Å². The average molecular weight is 208 g/mol. The summed E-state index contributed by atoms with van der Waals surface area (Å²) in [6.07, 6.45) is 4.23. The van der Waals surface area contributed by atoms with Crippen LogP contribution in [0, 0.1) is 0 Å². The minimum Gasteiger partial charge on any atom is -0.331 e. The van der Waals surface area contributed by atoms with Crippen LogP contribution in [0.1, 0.15) is 24.6 Å². The van der Waals surface area contributed by atoms with Crippen molar-refractivity contribution in [1.29, 1.82) is 0 Å². The molecule has 3 rings (SSSR count). The average Bonchev–Trinajstić information content (AvgIpc) is 2.94. The third kappa shape index (κ3) is 1.05. The van der Waals surface area contributed by atoms with Crippen molar-refractivity contribution >= 4 is 22.6 Å². The van der Waals surface area contributed by atoms with Gasteiger partial charge in [-0.25, -0.2) is 9.97 Å². The van der Waals surface area contributed by atoms with Crippen molar-refractivity contribution in [3.63, 3.8) is 0 Å². The molecule has 3 nitrogen and oxygen atoms in total. The topological polar surface area (TPSA) is 30.7 Å². The molecule has 0 amide bonds. The fraction of sp³-hybridized carbons (Fsp3) is 0.400. The van der Waals surface area contributed by atoms with Crippen LogP contribution in [0.4, 0.5) is 0 Å². The van der Waals surface area contributed by atoms with Crippen LogP contribution in [0.15, 0.2) is 12.3 Å². The molecule has 72 valence electrons. The first-order valence-electron chi connectivity index (χ1n) is 4.74. The first kappa shape index (κ1) is 8.24. The van der Waals surface area contributed by atoms with Crippen LogP contribution in [0.3, 0.4) is 0 Å². The van der Waals surface area contributed by atoms with Crippen molar-refractivity contribution in [1.82, 2.24) is 14.5 Å². The van der Waals surface area contributed by atoms with E-state index in [0.717, 1.165) is 16.9 Å². The molecule has 0 bridgehead atoms. The molecule has 0 spiro atoms. The van der Waals surface area contributed by atoms with E-state index in [-0.39, 0.29) is 0 Å². The van der Waals surface area contributed by atoms with E-state index >= 15 is 0 Å². The Kier molecular flexibility index (Phi) is 1.59. The smallest absolute Gasteiger partial charge is 0.156 e. The van der Waals surface area contributed by atoms with E-state index in [0.29, 0.717) is 11.1 Å². The highest BCUT2D eigenvalue weighted by Crippen LogP contribution is 2.40. The molecule has 0 atom stereocenters. The molecule has 0 unspecified atom stereocenters. The number of hydrogen-bond donors (Lipinski definition) is 0. The summed E-state index contributed by atoms with van der Waals surface area (Å²) >= 11 is 5.98. The largest absolute Gasteiger partial charge is 0.331 e. The van der Waals surface area contributed by atoms with Gasteiger partial charge in [-0.3, -0.25) is 0 Å². The number of nitrogens with zero attached hydrogens (tertiary/aromatic N) is 3. The minimum atomic E-state index is 0.505. The molecule has 0 aromatic carbocycles. The summed E-state index contributed by atoms with van der Waals surface area (Å²) in [6.45, 7) is 0. The summed E-state index contributed by atoms with van der Waals surface area (Å²) in [5.74, 6) is 1.79. The molecule has 1 fully saturated rings. The molecular weight excluding hydrogens is 198 g/mol. The number of hydrogen-bond acceptors (Lipinski definition) is 2. The van der Waals surface area contributed by atoms with Gasteiger partial charge in [-0.15, -0.1) is 0 Å². The third-order valence-electron chi connectivity index (χ3n) is 2.73. The van der Waals surface area contributed by atoms with Crippen molar-refractivity contribution in [2.45, 2.75) is 18.8 Å². The predicted octanol–water partition coefficient (Wildman–Crippen LogP) is 2.50. The molecule has 1 aliphatic rings. The zero-order valence-electron chi connectivity index (χ0n) is 7.87. The van der Waals surface area contributed by atoms with E-state index in [1.165, 1.54) is 12.8 Å². The third-order valence-corrected chi connectivity index (χ3v) is 3.01. The van der Waals surface area contributed by atoms with Crippen molar-refractivity contribution in [3.05, 3.63) is 23.2 Å². The van der Waals surface area contributed by atoms with Crippen LogP contribution in [0.5, 0.6) is 0 Å². The van der Waals surface area contributed by atoms with Crippen LogP contribution in [0.25, 0.3) is 11.0 Å². The molecule has 1 saturated carbocycles. The zero-order valence-corrected chi connectivity index (χ0v) is 8.62. The van der Waals surface area contributed by atoms with Crippen LogP contribution < -0.4 is 0 Å². The van der Waals surface area contributed by atoms with Gasteiger partial charge in [0.2, 0.25) is 0 Å². The molecule has 4 heteroatoms. The Morgan fingerprint density at radius 3 is 2.93 bits per heavy atom. The van der Waals surface area contributed by atoms with Crippen molar-refractivity contribution in [3.8, 4) is 0 Å². The molecule has 2 aromatic heterocycles. The molecule has 2 heterocycles. The molecule has 1 aliphatic carbocycles. The van der Waals surface area contributed by atoms with E-state index in [9.17, 15) is 0 Å². The highest BCUT2D eigenvalue weighted by atomic mass is 35.5. The molecule has 14 heavy (non-hydrogen) atoms. The number of aromatic nitrogens is 3. The first-order chi connectivity index (χ1) is 6.77. The molecule has 0 saturated heterocycles. The quantitative estimate of drug-likeness (QED) is 0.673. The van der Waals surface area contributed by atoms with Gasteiger partial charge in [-0.05, 0) is 18.9 Å². The molecule has 0 aliphatic heterocycles. The number of pyridine rings is 1. The summed E-state index contributed by atoms with van der Waals surface area (Å²) in [6, 6.07) is 1.96. The Labute approximate surface area is 86.7 Å². The van der Waals surface area contributed by atoms with E-state index < -0.39 is 0 Å². The van der Waals surface area contributed by atoms with Gasteiger partial charge in [0.05, 0.1) is 5.52 Å². The normalized spacial score (nSPS) is 16.4. The van der Waals surface area contributed by atoms with Gasteiger partial charge in [0.25, 0.3) is 0 Å². The van der Waals surface area contributed by atoms with Gasteiger partial charge >= 0.3 is 0 Å². The van der Waals surface area contributed by atoms with Crippen LogP contribution >= 0.6 is 11.6 Å². The fourth-order valence-corrected chi connectivity index (χ4v) is 2.01. The number of fused-ring (bicyclic) bond motifs is 1. The first-order valence-corrected chi connectivity index (χ1v) is 5.12. The van der Waals surface area contributed by atoms with Crippen LogP contribution in [-0.2, 0) is 7.05 Å². The summed E-state index contributed by atoms with van der Waals surface area (Å²) in [5, 5.41) is 0.505. The Bertz CT molecular complexity index is 499. The van der Waals surface area contributed by atoms with Crippen molar-refractivity contribution in [2.24, 2.45) is 7.05 Å². The van der Waals surface area contributed by atoms with Gasteiger partial charge in [0.15, 0.2) is 5.15 Å². The molecule has 0 radical (unpaired) electrons. The van der Waals surface area contributed by atoms with E-state index in [1.807, 2.05) is 13.1 Å². The summed E-state index contributed by atoms with van der Waals surface area (Å²) < 4.78 is 2.13. The predicted molar refractivity (Wildman–Crippen MR) is 55.5 cm³/mol. The second-order valence-electron chi connectivity index (χ2n) is 3.77. The number of aryl methyl sites for hydroxylation is 1. The monoisotopic (exact) mass is 207 g/mol. The summed E-state index contributed by atoms with van der Waals surface area (Å²) in [7, 11) is 2.04. The molecule has 0 N–H and O–H groups in total. The zero-order chi connectivity index (χ0) is 9.71. The Morgan fingerprint density at radius 1 is 1.50 bits per heavy atom. The highest BCUT2D eigenvalue weighted by Gasteiger charge is 2.28. The van der Waals surface area contributed by atoms with E-state index in [4.69, 9.17) is 11.6 Å². The van der Waals surface area contributed by atoms with Gasteiger partial charge in [-0.2, -0.15) is 0 Å². The van der Waals surface area contributed by atoms with Crippen LogP contribution in [0.2, 0.25) is 5.15 Å². The molecular formula is C10H10ClN3. The Morgan fingerprint density at radius 2 is 2.29 bits per heavy atom. The number of imidazole rings is 1. The maximum absolute atomic E-state index is 5.98. The van der Waals surface area contributed by atoms with Gasteiger partial charge < -0.3 is 4.57 Å². The summed E-state index contributed by atoms with van der Waals surface area (Å²) in [4.78, 5) is 8.57. The minimum absolute atomic E-state index is 0.505. The van der Waals surface area contributed by atoms with E-state index in [2.05, 4.69) is 14.5 Å². The Balaban J connectivity index is 2.33. The van der Waals surface area contributed by atoms with E-state index in [1.54, 1.807) is 6.20 Å². The van der Waals surface area contributed by atoms with Gasteiger partial charge in [0.1, 0.15) is 11.3 Å². The Hall–Kier alpha value is -1.09. The lowest BCUT2D eigenvalue weighted by Crippen LogP contribution is -1.94. The summed E-state index contributed by atoms with van der Waals surface area (Å²) in [5.41, 5.74) is 1.91. The molecule has 2 aromatic rings. The SMILES string of the molecule is Cn1c(C2CC2)nc2c(Cl)nccc21. The van der Waals surface area contributed by atoms with Crippen molar-refractivity contribution < 1.29 is 0 Å². The lowest BCUT2D eigenvalue weighted by Gasteiger charge is -1.98. The number of rotatable bonds is 1. The second kappa shape index (κ2) is 2.70. The maximum Gasteiger partial charge on any atom is 0.156 e. The lowest BCUT2D eigenvalue weighted by atomic mass is 10.4. The van der Waals surface area contributed by atoms with Crippen molar-refractivity contribution in [2.75, 3.05) is 0 Å².